The second kappa shape index (κ2) is 5.85. The monoisotopic (exact) mass is 227 g/mol. The highest BCUT2D eigenvalue weighted by Crippen LogP contribution is 2.13. The van der Waals surface area contributed by atoms with Crippen LogP contribution in [0.1, 0.15) is 15.2 Å². The van der Waals surface area contributed by atoms with Crippen LogP contribution in [-0.4, -0.2) is 38.0 Å². The Morgan fingerprint density at radius 3 is 2.87 bits per heavy atom. The highest BCUT2D eigenvalue weighted by atomic mass is 32.1. The van der Waals surface area contributed by atoms with Crippen LogP contribution in [0.5, 0.6) is 0 Å². The van der Waals surface area contributed by atoms with E-state index in [-0.39, 0.29) is 5.91 Å². The summed E-state index contributed by atoms with van der Waals surface area (Å²) in [5, 5.41) is 5.10. The number of nitrogens with two attached hydrogens (primary N) is 1. The first-order chi connectivity index (χ1) is 7.09. The van der Waals surface area contributed by atoms with E-state index in [4.69, 9.17) is 5.73 Å². The van der Waals surface area contributed by atoms with Gasteiger partial charge in [0, 0.05) is 29.9 Å². The van der Waals surface area contributed by atoms with Crippen molar-refractivity contribution in [3.05, 3.63) is 21.9 Å². The van der Waals surface area contributed by atoms with Crippen molar-refractivity contribution in [3.63, 3.8) is 0 Å². The number of primary amides is 1. The number of carbonyl (C=O) groups excluding carboxylic acids is 1. The smallest absolute Gasteiger partial charge is 0.249 e. The van der Waals surface area contributed by atoms with Gasteiger partial charge < -0.3 is 16.0 Å². The van der Waals surface area contributed by atoms with Gasteiger partial charge in [0.15, 0.2) is 0 Å². The molecule has 84 valence electrons. The van der Waals surface area contributed by atoms with Crippen LogP contribution in [-0.2, 0) is 6.54 Å². The van der Waals surface area contributed by atoms with Crippen LogP contribution >= 0.6 is 11.3 Å². The molecular weight excluding hydrogens is 210 g/mol. The minimum Gasteiger partial charge on any atom is -0.366 e. The van der Waals surface area contributed by atoms with Crippen LogP contribution in [0.15, 0.2) is 11.4 Å². The first kappa shape index (κ1) is 12.2. The number of likely N-dealkylation sites (N-methyl/N-ethyl adjacent to an activating group) is 1. The molecule has 0 saturated carbocycles. The summed E-state index contributed by atoms with van der Waals surface area (Å²) >= 11 is 1.56. The Morgan fingerprint density at radius 2 is 2.33 bits per heavy atom. The van der Waals surface area contributed by atoms with Crippen molar-refractivity contribution in [2.45, 2.75) is 6.54 Å². The Bertz CT molecular complexity index is 322. The van der Waals surface area contributed by atoms with Gasteiger partial charge in [-0.25, -0.2) is 0 Å². The third-order valence-electron chi connectivity index (χ3n) is 1.97. The predicted molar refractivity (Wildman–Crippen MR) is 63.1 cm³/mol. The summed E-state index contributed by atoms with van der Waals surface area (Å²) in [5.41, 5.74) is 5.76. The number of nitrogens with zero attached hydrogens (tertiary/aromatic N) is 1. The van der Waals surface area contributed by atoms with E-state index in [1.807, 2.05) is 20.2 Å². The molecule has 4 nitrogen and oxygen atoms in total. The van der Waals surface area contributed by atoms with Crippen molar-refractivity contribution in [3.8, 4) is 0 Å². The van der Waals surface area contributed by atoms with Gasteiger partial charge in [-0.15, -0.1) is 11.3 Å². The summed E-state index contributed by atoms with van der Waals surface area (Å²) < 4.78 is 0. The summed E-state index contributed by atoms with van der Waals surface area (Å²) in [6.07, 6.45) is 0. The molecule has 0 radical (unpaired) electrons. The molecule has 15 heavy (non-hydrogen) atoms. The Hall–Kier alpha value is -0.910. The molecule has 0 aliphatic carbocycles. The van der Waals surface area contributed by atoms with Crippen molar-refractivity contribution in [2.24, 2.45) is 5.73 Å². The van der Waals surface area contributed by atoms with Gasteiger partial charge in [-0.3, -0.25) is 4.79 Å². The molecule has 0 bridgehead atoms. The number of rotatable bonds is 6. The lowest BCUT2D eigenvalue weighted by molar-refractivity contribution is 0.100. The number of thiophene rings is 1. The largest absolute Gasteiger partial charge is 0.366 e. The molecule has 0 aliphatic rings. The van der Waals surface area contributed by atoms with Gasteiger partial charge in [-0.2, -0.15) is 0 Å². The van der Waals surface area contributed by atoms with Crippen LogP contribution < -0.4 is 11.1 Å². The Labute approximate surface area is 94.1 Å². The number of nitrogens with one attached hydrogen (secondary N) is 1. The van der Waals surface area contributed by atoms with Crippen molar-refractivity contribution in [1.82, 2.24) is 10.2 Å². The zero-order valence-electron chi connectivity index (χ0n) is 9.12. The van der Waals surface area contributed by atoms with E-state index in [0.717, 1.165) is 24.5 Å². The molecule has 0 atom stereocenters. The number of amides is 1. The van der Waals surface area contributed by atoms with Crippen LogP contribution in [0, 0.1) is 0 Å². The molecular formula is C10H17N3OS. The van der Waals surface area contributed by atoms with Crippen molar-refractivity contribution >= 4 is 17.2 Å². The highest BCUT2D eigenvalue weighted by Gasteiger charge is 2.03. The maximum absolute atomic E-state index is 10.8. The molecule has 1 heterocycles. The molecule has 0 saturated heterocycles. The third kappa shape index (κ3) is 4.42. The fraction of sp³-hybridized carbons (Fsp3) is 0.500. The second-order valence-electron chi connectivity index (χ2n) is 3.65. The molecule has 3 N–H and O–H groups in total. The molecule has 0 spiro atoms. The minimum atomic E-state index is -0.356. The summed E-state index contributed by atoms with van der Waals surface area (Å²) in [7, 11) is 4.08. The van der Waals surface area contributed by atoms with Crippen molar-refractivity contribution in [2.75, 3.05) is 27.2 Å². The van der Waals surface area contributed by atoms with E-state index in [1.165, 1.54) is 0 Å². The fourth-order valence-electron chi connectivity index (χ4n) is 1.12. The minimum absolute atomic E-state index is 0.356. The van der Waals surface area contributed by atoms with E-state index < -0.39 is 0 Å². The van der Waals surface area contributed by atoms with Crippen LogP contribution in [0.25, 0.3) is 0 Å². The predicted octanol–water partition coefficient (Wildman–Crippen LogP) is 0.498. The average Bonchev–Trinajstić information content (AvgIpc) is 2.60. The van der Waals surface area contributed by atoms with Gasteiger partial charge in [0.1, 0.15) is 0 Å². The quantitative estimate of drug-likeness (QED) is 0.696. The molecule has 0 unspecified atom stereocenters. The van der Waals surface area contributed by atoms with Crippen molar-refractivity contribution in [1.29, 1.82) is 0 Å². The molecule has 5 heteroatoms. The molecule has 1 aromatic rings. The summed E-state index contributed by atoms with van der Waals surface area (Å²) in [6, 6.07) is 1.84. The first-order valence-electron chi connectivity index (χ1n) is 4.82. The zero-order chi connectivity index (χ0) is 11.3. The number of carbonyl (C=O) groups is 1. The van der Waals surface area contributed by atoms with Gasteiger partial charge in [-0.1, -0.05) is 0 Å². The summed E-state index contributed by atoms with van der Waals surface area (Å²) in [6.45, 7) is 2.75. The highest BCUT2D eigenvalue weighted by molar-refractivity contribution is 7.10. The Morgan fingerprint density at radius 1 is 1.60 bits per heavy atom. The van der Waals surface area contributed by atoms with Gasteiger partial charge in [-0.05, 0) is 20.2 Å². The van der Waals surface area contributed by atoms with Gasteiger partial charge in [0.25, 0.3) is 0 Å². The lowest BCUT2D eigenvalue weighted by atomic mass is 10.3. The van der Waals surface area contributed by atoms with E-state index in [9.17, 15) is 4.79 Å². The number of hydrogen-bond donors (Lipinski definition) is 2. The average molecular weight is 227 g/mol. The normalized spacial score (nSPS) is 10.9. The summed E-state index contributed by atoms with van der Waals surface area (Å²) in [5.74, 6) is -0.356. The molecule has 0 fully saturated rings. The van der Waals surface area contributed by atoms with Gasteiger partial charge in [0.05, 0.1) is 5.56 Å². The first-order valence-corrected chi connectivity index (χ1v) is 5.70. The lowest BCUT2D eigenvalue weighted by Crippen LogP contribution is -2.25. The summed E-state index contributed by atoms with van der Waals surface area (Å²) in [4.78, 5) is 14.1. The number of hydrogen-bond acceptors (Lipinski definition) is 4. The van der Waals surface area contributed by atoms with E-state index in [2.05, 4.69) is 10.2 Å². The SMILES string of the molecule is CN(C)CCNCc1cc(C(N)=O)cs1. The van der Waals surface area contributed by atoms with Crippen molar-refractivity contribution < 1.29 is 4.79 Å². The molecule has 1 amide bonds. The lowest BCUT2D eigenvalue weighted by Gasteiger charge is -2.09. The maximum Gasteiger partial charge on any atom is 0.249 e. The topological polar surface area (TPSA) is 58.4 Å². The Balaban J connectivity index is 2.29. The van der Waals surface area contributed by atoms with Gasteiger partial charge in [0.2, 0.25) is 5.91 Å². The molecule has 1 rings (SSSR count). The standard InChI is InChI=1S/C10H17N3OS/c1-13(2)4-3-12-6-9-5-8(7-15-9)10(11)14/h5,7,12H,3-4,6H2,1-2H3,(H2,11,14). The van der Waals surface area contributed by atoms with Crippen LogP contribution in [0.3, 0.4) is 0 Å². The second-order valence-corrected chi connectivity index (χ2v) is 4.64. The van der Waals surface area contributed by atoms with E-state index in [1.54, 1.807) is 16.7 Å². The fourth-order valence-corrected chi connectivity index (χ4v) is 1.96. The zero-order valence-corrected chi connectivity index (χ0v) is 9.93. The third-order valence-corrected chi connectivity index (χ3v) is 2.91. The molecule has 0 aromatic carbocycles. The maximum atomic E-state index is 10.8. The van der Waals surface area contributed by atoms with Crippen LogP contribution in [0.2, 0.25) is 0 Å². The Kier molecular flexibility index (Phi) is 4.74. The molecule has 1 aromatic heterocycles. The van der Waals surface area contributed by atoms with E-state index in [0.29, 0.717) is 5.56 Å². The van der Waals surface area contributed by atoms with Crippen LogP contribution in [0.4, 0.5) is 0 Å². The van der Waals surface area contributed by atoms with E-state index >= 15 is 0 Å². The molecule has 0 aliphatic heterocycles. The van der Waals surface area contributed by atoms with Gasteiger partial charge >= 0.3 is 0 Å².